The minimum atomic E-state index is -0.441. The molecular weight excluding hydrogens is 365 g/mol. The van der Waals surface area contributed by atoms with Crippen LogP contribution in [0, 0.1) is 5.82 Å². The molecule has 0 saturated heterocycles. The highest BCUT2D eigenvalue weighted by Gasteiger charge is 2.21. The van der Waals surface area contributed by atoms with Crippen LogP contribution in [0.1, 0.15) is 5.56 Å². The van der Waals surface area contributed by atoms with Crippen molar-refractivity contribution < 1.29 is 9.18 Å². The molecule has 0 radical (unpaired) electrons. The van der Waals surface area contributed by atoms with Crippen LogP contribution < -0.4 is 21.3 Å². The number of urea groups is 1. The Kier molecular flexibility index (Phi) is 4.47. The van der Waals surface area contributed by atoms with Crippen LogP contribution in [0.25, 0.3) is 0 Å². The molecule has 27 heavy (non-hydrogen) atoms. The van der Waals surface area contributed by atoms with Crippen molar-refractivity contribution in [2.24, 2.45) is 10.7 Å². The highest BCUT2D eigenvalue weighted by molar-refractivity contribution is 7.14. The number of amides is 2. The predicted octanol–water partition coefficient (Wildman–Crippen LogP) is 4.35. The van der Waals surface area contributed by atoms with Gasteiger partial charge in [0.15, 0.2) is 0 Å². The van der Waals surface area contributed by atoms with Crippen LogP contribution in [0.3, 0.4) is 0 Å². The number of thiophene rings is 1. The van der Waals surface area contributed by atoms with E-state index in [1.54, 1.807) is 29.5 Å². The van der Waals surface area contributed by atoms with Crippen molar-refractivity contribution in [3.05, 3.63) is 71.4 Å². The Labute approximate surface area is 159 Å². The maximum Gasteiger partial charge on any atom is 0.323 e. The van der Waals surface area contributed by atoms with Crippen molar-refractivity contribution in [1.82, 2.24) is 0 Å². The molecule has 6 nitrogen and oxygen atoms in total. The van der Waals surface area contributed by atoms with Crippen LogP contribution in [0.2, 0.25) is 0 Å². The van der Waals surface area contributed by atoms with E-state index in [0.29, 0.717) is 23.9 Å². The summed E-state index contributed by atoms with van der Waals surface area (Å²) in [5.74, 6) is 0.143. The van der Waals surface area contributed by atoms with Crippen molar-refractivity contribution in [1.29, 1.82) is 0 Å². The fraction of sp³-hybridized carbons (Fsp3) is 0.0526. The van der Waals surface area contributed by atoms with Gasteiger partial charge in [0.1, 0.15) is 23.3 Å². The van der Waals surface area contributed by atoms with E-state index in [9.17, 15) is 9.18 Å². The molecule has 1 aliphatic heterocycles. The quantitative estimate of drug-likeness (QED) is 0.631. The molecule has 2 amide bonds. The van der Waals surface area contributed by atoms with Gasteiger partial charge in [0.05, 0.1) is 5.56 Å². The van der Waals surface area contributed by atoms with Gasteiger partial charge in [-0.25, -0.2) is 14.2 Å². The Morgan fingerprint density at radius 1 is 1.11 bits per heavy atom. The first-order valence-electron chi connectivity index (χ1n) is 8.19. The first kappa shape index (κ1) is 17.0. The summed E-state index contributed by atoms with van der Waals surface area (Å²) < 4.78 is 13.2. The van der Waals surface area contributed by atoms with E-state index in [4.69, 9.17) is 5.73 Å². The molecule has 0 saturated carbocycles. The SMILES string of the molecule is NC1=NCN(c2ccc(NC(=O)Nc3cccc(F)c3)cc2)c2sccc21. The average Bonchev–Trinajstić information content (AvgIpc) is 3.14. The summed E-state index contributed by atoms with van der Waals surface area (Å²) in [5.41, 5.74) is 8.83. The number of benzene rings is 2. The van der Waals surface area contributed by atoms with Crippen LogP contribution in [0.15, 0.2) is 65.0 Å². The van der Waals surface area contributed by atoms with Gasteiger partial charge in [-0.2, -0.15) is 0 Å². The summed E-state index contributed by atoms with van der Waals surface area (Å²) in [6, 6.07) is 14.6. The molecule has 2 heterocycles. The van der Waals surface area contributed by atoms with Crippen LogP contribution in [0.4, 0.5) is 31.2 Å². The minimum Gasteiger partial charge on any atom is -0.383 e. The lowest BCUT2D eigenvalue weighted by molar-refractivity contribution is 0.262. The van der Waals surface area contributed by atoms with E-state index in [2.05, 4.69) is 20.5 Å². The van der Waals surface area contributed by atoms with E-state index in [1.165, 1.54) is 18.2 Å². The molecule has 3 aromatic rings. The van der Waals surface area contributed by atoms with Crippen molar-refractivity contribution in [2.45, 2.75) is 0 Å². The zero-order valence-electron chi connectivity index (χ0n) is 14.1. The minimum absolute atomic E-state index is 0.387. The summed E-state index contributed by atoms with van der Waals surface area (Å²) in [7, 11) is 0. The van der Waals surface area contributed by atoms with Crippen molar-refractivity contribution >= 4 is 45.3 Å². The lowest BCUT2D eigenvalue weighted by Crippen LogP contribution is -2.27. The third-order valence-corrected chi connectivity index (χ3v) is 5.00. The Bertz CT molecular complexity index is 1010. The van der Waals surface area contributed by atoms with E-state index in [0.717, 1.165) is 16.3 Å². The number of hydrogen-bond acceptors (Lipinski definition) is 5. The average molecular weight is 381 g/mol. The van der Waals surface area contributed by atoms with Gasteiger partial charge in [-0.15, -0.1) is 11.3 Å². The fourth-order valence-electron chi connectivity index (χ4n) is 2.78. The van der Waals surface area contributed by atoms with Gasteiger partial charge in [-0.3, -0.25) is 0 Å². The summed E-state index contributed by atoms with van der Waals surface area (Å²) in [4.78, 5) is 18.5. The van der Waals surface area contributed by atoms with Gasteiger partial charge in [-0.1, -0.05) is 6.07 Å². The van der Waals surface area contributed by atoms with Gasteiger partial charge >= 0.3 is 6.03 Å². The molecule has 0 unspecified atom stereocenters. The normalized spacial score (nSPS) is 12.9. The van der Waals surface area contributed by atoms with Crippen LogP contribution in [0.5, 0.6) is 0 Å². The Hall–Kier alpha value is -3.39. The molecule has 0 atom stereocenters. The Balaban J connectivity index is 1.45. The molecule has 0 spiro atoms. The van der Waals surface area contributed by atoms with Crippen molar-refractivity contribution in [2.75, 3.05) is 22.2 Å². The molecule has 1 aliphatic rings. The molecule has 0 bridgehead atoms. The summed E-state index contributed by atoms with van der Waals surface area (Å²) in [6.45, 7) is 0.451. The topological polar surface area (TPSA) is 82.8 Å². The largest absolute Gasteiger partial charge is 0.383 e. The maximum absolute atomic E-state index is 13.2. The second-order valence-electron chi connectivity index (χ2n) is 5.89. The monoisotopic (exact) mass is 381 g/mol. The fourth-order valence-corrected chi connectivity index (χ4v) is 3.71. The zero-order chi connectivity index (χ0) is 18.8. The number of carbonyl (C=O) groups excluding carboxylic acids is 1. The lowest BCUT2D eigenvalue weighted by Gasteiger charge is -2.26. The summed E-state index contributed by atoms with van der Waals surface area (Å²) in [6.07, 6.45) is 0. The number of carbonyl (C=O) groups is 1. The number of fused-ring (bicyclic) bond motifs is 1. The number of nitrogens with one attached hydrogen (secondary N) is 2. The van der Waals surface area contributed by atoms with Crippen LogP contribution >= 0.6 is 11.3 Å². The number of hydrogen-bond donors (Lipinski definition) is 3. The highest BCUT2D eigenvalue weighted by Crippen LogP contribution is 2.36. The molecule has 4 rings (SSSR count). The summed E-state index contributed by atoms with van der Waals surface area (Å²) >= 11 is 1.60. The van der Waals surface area contributed by atoms with Gasteiger partial charge in [0.2, 0.25) is 0 Å². The molecule has 136 valence electrons. The van der Waals surface area contributed by atoms with Gasteiger partial charge < -0.3 is 21.3 Å². The van der Waals surface area contributed by atoms with Gasteiger partial charge in [-0.05, 0) is 53.9 Å². The number of anilines is 4. The number of rotatable bonds is 3. The molecule has 0 fully saturated rings. The molecule has 4 N–H and O–H groups in total. The predicted molar refractivity (Wildman–Crippen MR) is 108 cm³/mol. The van der Waals surface area contributed by atoms with Gasteiger partial charge in [0, 0.05) is 17.1 Å². The number of nitrogens with zero attached hydrogens (tertiary/aromatic N) is 2. The molecule has 8 heteroatoms. The first-order chi connectivity index (χ1) is 13.1. The van der Waals surface area contributed by atoms with Crippen molar-refractivity contribution in [3.63, 3.8) is 0 Å². The maximum atomic E-state index is 13.2. The van der Waals surface area contributed by atoms with E-state index in [1.807, 2.05) is 23.6 Å². The Morgan fingerprint density at radius 2 is 1.89 bits per heavy atom. The number of halogens is 1. The molecule has 2 aromatic carbocycles. The number of nitrogens with two attached hydrogens (primary N) is 1. The number of amidine groups is 1. The summed E-state index contributed by atoms with van der Waals surface area (Å²) in [5, 5.41) is 8.35. The molecular formula is C19H16FN5OS. The third-order valence-electron chi connectivity index (χ3n) is 4.07. The second-order valence-corrected chi connectivity index (χ2v) is 6.78. The smallest absolute Gasteiger partial charge is 0.323 e. The van der Waals surface area contributed by atoms with Crippen LogP contribution in [-0.2, 0) is 0 Å². The Morgan fingerprint density at radius 3 is 2.67 bits per heavy atom. The third kappa shape index (κ3) is 3.61. The molecule has 0 aliphatic carbocycles. The molecule has 1 aromatic heterocycles. The van der Waals surface area contributed by atoms with E-state index >= 15 is 0 Å². The standard InChI is InChI=1S/C19H16FN5OS/c20-12-2-1-3-14(10-12)24-19(26)23-13-4-6-15(7-5-13)25-11-22-17(21)16-8-9-27-18(16)25/h1-10H,11H2,(H2,21,22)(H2,23,24,26). The highest BCUT2D eigenvalue weighted by atomic mass is 32.1. The lowest BCUT2D eigenvalue weighted by atomic mass is 10.2. The van der Waals surface area contributed by atoms with Gasteiger partial charge in [0.25, 0.3) is 0 Å². The van der Waals surface area contributed by atoms with E-state index < -0.39 is 11.8 Å². The first-order valence-corrected chi connectivity index (χ1v) is 9.07. The number of aliphatic imine (C=N–C) groups is 1. The second kappa shape index (κ2) is 7.08. The zero-order valence-corrected chi connectivity index (χ0v) is 15.0. The van der Waals surface area contributed by atoms with E-state index in [-0.39, 0.29) is 0 Å². The van der Waals surface area contributed by atoms with Crippen LogP contribution in [-0.4, -0.2) is 18.5 Å². The van der Waals surface area contributed by atoms with Crippen molar-refractivity contribution in [3.8, 4) is 0 Å².